The lowest BCUT2D eigenvalue weighted by atomic mass is 10.1. The molecule has 1 aromatic heterocycles. The van der Waals surface area contributed by atoms with Crippen LogP contribution >= 0.6 is 0 Å². The van der Waals surface area contributed by atoms with Crippen molar-refractivity contribution >= 4 is 16.6 Å². The quantitative estimate of drug-likeness (QED) is 0.544. The molecule has 0 aliphatic rings. The number of nitro benzene ring substituents is 1. The number of aromatic nitrogens is 2. The molecule has 0 saturated heterocycles. The molecule has 0 fully saturated rings. The molecule has 0 radical (unpaired) electrons. The van der Waals surface area contributed by atoms with Crippen LogP contribution in [0.2, 0.25) is 0 Å². The molecule has 3 rings (SSSR count). The fourth-order valence-electron chi connectivity index (χ4n) is 2.23. The summed E-state index contributed by atoms with van der Waals surface area (Å²) in [5, 5.41) is 25.1. The molecule has 0 unspecified atom stereocenters. The Kier molecular flexibility index (Phi) is 3.09. The van der Waals surface area contributed by atoms with Crippen LogP contribution < -0.4 is 0 Å². The van der Waals surface area contributed by atoms with Crippen LogP contribution in [0, 0.1) is 21.4 Å². The third-order valence-electron chi connectivity index (χ3n) is 3.30. The van der Waals surface area contributed by atoms with E-state index in [1.54, 1.807) is 29.1 Å². The van der Waals surface area contributed by atoms with Crippen LogP contribution in [0.3, 0.4) is 0 Å². The average molecular weight is 278 g/mol. The number of rotatable bonds is 3. The van der Waals surface area contributed by atoms with E-state index in [0.29, 0.717) is 17.6 Å². The van der Waals surface area contributed by atoms with Gasteiger partial charge in [-0.2, -0.15) is 10.4 Å². The molecular weight excluding hydrogens is 268 g/mol. The van der Waals surface area contributed by atoms with Crippen LogP contribution in [0.1, 0.15) is 11.1 Å². The normalized spacial score (nSPS) is 10.4. The van der Waals surface area contributed by atoms with E-state index < -0.39 is 4.92 Å². The van der Waals surface area contributed by atoms with Crippen molar-refractivity contribution < 1.29 is 4.92 Å². The van der Waals surface area contributed by atoms with Crippen LogP contribution in [0.5, 0.6) is 0 Å². The van der Waals surface area contributed by atoms with Gasteiger partial charge in [0.15, 0.2) is 0 Å². The topological polar surface area (TPSA) is 84.8 Å². The summed E-state index contributed by atoms with van der Waals surface area (Å²) in [6.45, 7) is 0.397. The minimum absolute atomic E-state index is 0.0258. The number of hydrogen-bond acceptors (Lipinski definition) is 4. The van der Waals surface area contributed by atoms with Gasteiger partial charge in [-0.3, -0.25) is 14.8 Å². The summed E-state index contributed by atoms with van der Waals surface area (Å²) in [7, 11) is 0. The molecule has 2 aromatic carbocycles. The molecule has 0 bridgehead atoms. The Bertz CT molecular complexity index is 877. The highest BCUT2D eigenvalue weighted by molar-refractivity contribution is 5.81. The largest absolute Gasteiger partial charge is 0.271 e. The Hall–Kier alpha value is -3.20. The summed E-state index contributed by atoms with van der Waals surface area (Å²) in [5.74, 6) is 0. The summed E-state index contributed by atoms with van der Waals surface area (Å²) in [5.41, 5.74) is 2.11. The number of non-ortho nitro benzene ring substituents is 1. The molecule has 0 N–H and O–H groups in total. The van der Waals surface area contributed by atoms with Gasteiger partial charge in [0, 0.05) is 17.5 Å². The SMILES string of the molecule is N#Cc1ccccc1Cn1ncc2ccc([N+](=O)[O-])cc21. The van der Waals surface area contributed by atoms with Crippen molar-refractivity contribution in [3.05, 3.63) is 69.9 Å². The zero-order valence-corrected chi connectivity index (χ0v) is 10.9. The predicted molar refractivity (Wildman–Crippen MR) is 76.6 cm³/mol. The van der Waals surface area contributed by atoms with Crippen LogP contribution in [-0.2, 0) is 6.54 Å². The molecule has 0 atom stereocenters. The van der Waals surface area contributed by atoms with Crippen LogP contribution in [0.4, 0.5) is 5.69 Å². The Labute approximate surface area is 120 Å². The molecule has 0 amide bonds. The van der Waals surface area contributed by atoms with Gasteiger partial charge in [-0.1, -0.05) is 18.2 Å². The van der Waals surface area contributed by atoms with E-state index in [2.05, 4.69) is 11.2 Å². The average Bonchev–Trinajstić information content (AvgIpc) is 2.90. The van der Waals surface area contributed by atoms with E-state index in [1.807, 2.05) is 12.1 Å². The monoisotopic (exact) mass is 278 g/mol. The molecule has 21 heavy (non-hydrogen) atoms. The number of hydrogen-bond donors (Lipinski definition) is 0. The summed E-state index contributed by atoms with van der Waals surface area (Å²) < 4.78 is 1.67. The van der Waals surface area contributed by atoms with Crippen molar-refractivity contribution in [1.29, 1.82) is 5.26 Å². The first-order valence-electron chi connectivity index (χ1n) is 6.27. The van der Waals surface area contributed by atoms with Crippen molar-refractivity contribution in [1.82, 2.24) is 9.78 Å². The Morgan fingerprint density at radius 2 is 2.10 bits per heavy atom. The molecule has 3 aromatic rings. The number of nitro groups is 1. The molecule has 6 nitrogen and oxygen atoms in total. The number of nitriles is 1. The highest BCUT2D eigenvalue weighted by Crippen LogP contribution is 2.21. The number of benzene rings is 2. The Morgan fingerprint density at radius 3 is 2.86 bits per heavy atom. The summed E-state index contributed by atoms with van der Waals surface area (Å²) in [4.78, 5) is 10.4. The smallest absolute Gasteiger partial charge is 0.260 e. The van der Waals surface area contributed by atoms with Gasteiger partial charge in [-0.05, 0) is 17.7 Å². The molecule has 102 valence electrons. The Morgan fingerprint density at radius 1 is 1.29 bits per heavy atom. The maximum absolute atomic E-state index is 10.9. The van der Waals surface area contributed by atoms with Crippen LogP contribution in [0.15, 0.2) is 48.7 Å². The van der Waals surface area contributed by atoms with Gasteiger partial charge in [0.25, 0.3) is 5.69 Å². The van der Waals surface area contributed by atoms with Crippen molar-refractivity contribution in [3.63, 3.8) is 0 Å². The van der Waals surface area contributed by atoms with Gasteiger partial charge in [-0.25, -0.2) is 0 Å². The molecule has 6 heteroatoms. The summed E-state index contributed by atoms with van der Waals surface area (Å²) in [6, 6.07) is 14.0. The highest BCUT2D eigenvalue weighted by atomic mass is 16.6. The van der Waals surface area contributed by atoms with E-state index >= 15 is 0 Å². The first-order valence-corrected chi connectivity index (χ1v) is 6.27. The fourth-order valence-corrected chi connectivity index (χ4v) is 2.23. The lowest BCUT2D eigenvalue weighted by Crippen LogP contribution is -2.03. The number of nitrogens with zero attached hydrogens (tertiary/aromatic N) is 4. The minimum Gasteiger partial charge on any atom is -0.260 e. The van der Waals surface area contributed by atoms with E-state index in [-0.39, 0.29) is 5.69 Å². The highest BCUT2D eigenvalue weighted by Gasteiger charge is 2.11. The zero-order valence-electron chi connectivity index (χ0n) is 10.9. The first kappa shape index (κ1) is 12.8. The second-order valence-corrected chi connectivity index (χ2v) is 4.57. The molecular formula is C15H10N4O2. The summed E-state index contributed by atoms with van der Waals surface area (Å²) in [6.07, 6.45) is 1.66. The van der Waals surface area contributed by atoms with E-state index in [9.17, 15) is 10.1 Å². The van der Waals surface area contributed by atoms with Gasteiger partial charge in [0.2, 0.25) is 0 Å². The van der Waals surface area contributed by atoms with Crippen molar-refractivity contribution in [2.45, 2.75) is 6.54 Å². The van der Waals surface area contributed by atoms with E-state index in [0.717, 1.165) is 10.9 Å². The fraction of sp³-hybridized carbons (Fsp3) is 0.0667. The van der Waals surface area contributed by atoms with E-state index in [4.69, 9.17) is 5.26 Å². The number of fused-ring (bicyclic) bond motifs is 1. The molecule has 0 aliphatic heterocycles. The summed E-state index contributed by atoms with van der Waals surface area (Å²) >= 11 is 0. The zero-order chi connectivity index (χ0) is 14.8. The van der Waals surface area contributed by atoms with Crippen LogP contribution in [-0.4, -0.2) is 14.7 Å². The van der Waals surface area contributed by atoms with Crippen molar-refractivity contribution in [2.24, 2.45) is 0 Å². The van der Waals surface area contributed by atoms with Gasteiger partial charge >= 0.3 is 0 Å². The second-order valence-electron chi connectivity index (χ2n) is 4.57. The van der Waals surface area contributed by atoms with Gasteiger partial charge in [0.1, 0.15) is 0 Å². The second kappa shape index (κ2) is 5.06. The third kappa shape index (κ3) is 2.32. The lowest BCUT2D eigenvalue weighted by Gasteiger charge is -2.05. The Balaban J connectivity index is 2.07. The molecule has 0 saturated carbocycles. The lowest BCUT2D eigenvalue weighted by molar-refractivity contribution is -0.384. The van der Waals surface area contributed by atoms with Gasteiger partial charge < -0.3 is 0 Å². The molecule has 0 spiro atoms. The van der Waals surface area contributed by atoms with Gasteiger partial charge in [-0.15, -0.1) is 0 Å². The van der Waals surface area contributed by atoms with E-state index in [1.165, 1.54) is 12.1 Å². The standard InChI is InChI=1S/C15H10N4O2/c16-8-11-3-1-2-4-13(11)10-18-15-7-14(19(20)21)6-5-12(15)9-17-18/h1-7,9H,10H2. The molecule has 1 heterocycles. The van der Waals surface area contributed by atoms with Crippen molar-refractivity contribution in [2.75, 3.05) is 0 Å². The first-order chi connectivity index (χ1) is 10.2. The minimum atomic E-state index is -0.431. The van der Waals surface area contributed by atoms with Crippen LogP contribution in [0.25, 0.3) is 10.9 Å². The third-order valence-corrected chi connectivity index (χ3v) is 3.30. The maximum Gasteiger partial charge on any atom is 0.271 e. The maximum atomic E-state index is 10.9. The molecule has 0 aliphatic carbocycles. The predicted octanol–water partition coefficient (Wildman–Crippen LogP) is 2.86. The van der Waals surface area contributed by atoms with Gasteiger partial charge in [0.05, 0.1) is 34.8 Å². The van der Waals surface area contributed by atoms with Crippen molar-refractivity contribution in [3.8, 4) is 6.07 Å².